The smallest absolute Gasteiger partial charge is 0.123 e. The van der Waals surface area contributed by atoms with E-state index in [1.54, 1.807) is 6.07 Å². The van der Waals surface area contributed by atoms with Crippen molar-refractivity contribution in [3.8, 4) is 0 Å². The highest BCUT2D eigenvalue weighted by atomic mass is 35.5. The van der Waals surface area contributed by atoms with Crippen LogP contribution in [0.25, 0.3) is 0 Å². The SMILES string of the molecule is Cc1cc(F)ccc1CC(C)C(C)Cl. The Morgan fingerprint density at radius 2 is 2.00 bits per heavy atom. The van der Waals surface area contributed by atoms with E-state index in [1.165, 1.54) is 11.6 Å². The lowest BCUT2D eigenvalue weighted by molar-refractivity contribution is 0.564. The molecular formula is C12H16ClF. The van der Waals surface area contributed by atoms with Crippen molar-refractivity contribution in [2.45, 2.75) is 32.6 Å². The molecule has 0 heterocycles. The monoisotopic (exact) mass is 214 g/mol. The van der Waals surface area contributed by atoms with Crippen LogP contribution in [0.4, 0.5) is 4.39 Å². The summed E-state index contributed by atoms with van der Waals surface area (Å²) in [5, 5.41) is 0.152. The quantitative estimate of drug-likeness (QED) is 0.669. The molecule has 0 aromatic heterocycles. The second-order valence-electron chi connectivity index (χ2n) is 3.93. The van der Waals surface area contributed by atoms with Gasteiger partial charge in [0.2, 0.25) is 0 Å². The molecule has 0 saturated carbocycles. The van der Waals surface area contributed by atoms with E-state index in [9.17, 15) is 4.39 Å². The van der Waals surface area contributed by atoms with Gasteiger partial charge in [-0.2, -0.15) is 0 Å². The first-order valence-electron chi connectivity index (χ1n) is 4.90. The van der Waals surface area contributed by atoms with Crippen molar-refractivity contribution >= 4 is 11.6 Å². The van der Waals surface area contributed by atoms with Crippen molar-refractivity contribution in [1.82, 2.24) is 0 Å². The van der Waals surface area contributed by atoms with Gasteiger partial charge in [0.15, 0.2) is 0 Å². The topological polar surface area (TPSA) is 0 Å². The minimum absolute atomic E-state index is 0.152. The van der Waals surface area contributed by atoms with Gasteiger partial charge in [-0.1, -0.05) is 13.0 Å². The molecule has 1 aromatic carbocycles. The van der Waals surface area contributed by atoms with E-state index in [4.69, 9.17) is 11.6 Å². The molecule has 0 aliphatic carbocycles. The highest BCUT2D eigenvalue weighted by molar-refractivity contribution is 6.20. The van der Waals surface area contributed by atoms with E-state index in [1.807, 2.05) is 19.9 Å². The molecular weight excluding hydrogens is 199 g/mol. The van der Waals surface area contributed by atoms with Gasteiger partial charge in [-0.3, -0.25) is 0 Å². The molecule has 2 atom stereocenters. The Balaban J connectivity index is 2.77. The summed E-state index contributed by atoms with van der Waals surface area (Å²) in [6.45, 7) is 6.04. The average molecular weight is 215 g/mol. The molecule has 0 nitrogen and oxygen atoms in total. The van der Waals surface area contributed by atoms with E-state index in [0.29, 0.717) is 5.92 Å². The van der Waals surface area contributed by atoms with Crippen LogP contribution in [-0.4, -0.2) is 5.38 Å². The summed E-state index contributed by atoms with van der Waals surface area (Å²) < 4.78 is 12.8. The zero-order valence-electron chi connectivity index (χ0n) is 8.85. The number of rotatable bonds is 3. The van der Waals surface area contributed by atoms with Crippen LogP contribution in [0.1, 0.15) is 25.0 Å². The first-order valence-corrected chi connectivity index (χ1v) is 5.33. The third kappa shape index (κ3) is 2.98. The van der Waals surface area contributed by atoms with Crippen LogP contribution in [0.2, 0.25) is 0 Å². The number of hydrogen-bond acceptors (Lipinski definition) is 0. The number of benzene rings is 1. The fraction of sp³-hybridized carbons (Fsp3) is 0.500. The van der Waals surface area contributed by atoms with Gasteiger partial charge in [0.1, 0.15) is 5.82 Å². The third-order valence-corrected chi connectivity index (χ3v) is 3.06. The van der Waals surface area contributed by atoms with Crippen molar-refractivity contribution < 1.29 is 4.39 Å². The fourth-order valence-corrected chi connectivity index (χ4v) is 1.49. The summed E-state index contributed by atoms with van der Waals surface area (Å²) in [5.74, 6) is 0.249. The largest absolute Gasteiger partial charge is 0.207 e. The van der Waals surface area contributed by atoms with E-state index < -0.39 is 0 Å². The standard InChI is InChI=1S/C12H16ClF/c1-8(10(3)13)6-11-4-5-12(14)7-9(11)2/h4-5,7-8,10H,6H2,1-3H3. The van der Waals surface area contributed by atoms with Crippen LogP contribution in [-0.2, 0) is 6.42 Å². The normalized spacial score (nSPS) is 15.2. The van der Waals surface area contributed by atoms with Gasteiger partial charge in [0.05, 0.1) is 0 Å². The van der Waals surface area contributed by atoms with E-state index >= 15 is 0 Å². The molecule has 0 aliphatic heterocycles. The Labute approximate surface area is 90.1 Å². The molecule has 0 spiro atoms. The number of hydrogen-bond donors (Lipinski definition) is 0. The first-order chi connectivity index (χ1) is 6.50. The van der Waals surface area contributed by atoms with Crippen LogP contribution >= 0.6 is 11.6 Å². The molecule has 1 aromatic rings. The third-order valence-electron chi connectivity index (χ3n) is 2.63. The molecule has 0 amide bonds. The van der Waals surface area contributed by atoms with Gasteiger partial charge < -0.3 is 0 Å². The van der Waals surface area contributed by atoms with E-state index in [2.05, 4.69) is 6.92 Å². The van der Waals surface area contributed by atoms with Crippen LogP contribution in [0, 0.1) is 18.7 Å². The first kappa shape index (κ1) is 11.5. The summed E-state index contributed by atoms with van der Waals surface area (Å²) in [5.41, 5.74) is 2.19. The van der Waals surface area contributed by atoms with Gasteiger partial charge >= 0.3 is 0 Å². The average Bonchev–Trinajstić information content (AvgIpc) is 2.09. The minimum atomic E-state index is -0.169. The summed E-state index contributed by atoms with van der Waals surface area (Å²) in [7, 11) is 0. The van der Waals surface area contributed by atoms with Crippen molar-refractivity contribution in [3.05, 3.63) is 35.1 Å². The van der Waals surface area contributed by atoms with Gasteiger partial charge in [-0.05, 0) is 49.4 Å². The molecule has 1 rings (SSSR count). The molecule has 78 valence electrons. The van der Waals surface area contributed by atoms with Gasteiger partial charge in [-0.25, -0.2) is 4.39 Å². The maximum absolute atomic E-state index is 12.8. The highest BCUT2D eigenvalue weighted by Crippen LogP contribution is 2.19. The molecule has 14 heavy (non-hydrogen) atoms. The number of aryl methyl sites for hydroxylation is 1. The lowest BCUT2D eigenvalue weighted by atomic mass is 9.95. The Bertz CT molecular complexity index is 307. The molecule has 0 fully saturated rings. The maximum atomic E-state index is 12.8. The predicted octanol–water partition coefficient (Wildman–Crippen LogP) is 3.94. The highest BCUT2D eigenvalue weighted by Gasteiger charge is 2.11. The molecule has 0 bridgehead atoms. The van der Waals surface area contributed by atoms with Gasteiger partial charge in [0, 0.05) is 5.38 Å². The predicted molar refractivity (Wildman–Crippen MR) is 59.3 cm³/mol. The Morgan fingerprint density at radius 1 is 1.36 bits per heavy atom. The fourth-order valence-electron chi connectivity index (χ4n) is 1.40. The van der Waals surface area contributed by atoms with Crippen molar-refractivity contribution in [1.29, 1.82) is 0 Å². The van der Waals surface area contributed by atoms with Crippen molar-refractivity contribution in [3.63, 3.8) is 0 Å². The molecule has 2 unspecified atom stereocenters. The molecule has 0 radical (unpaired) electrons. The second-order valence-corrected chi connectivity index (χ2v) is 4.62. The molecule has 2 heteroatoms. The van der Waals surface area contributed by atoms with Crippen molar-refractivity contribution in [2.75, 3.05) is 0 Å². The lowest BCUT2D eigenvalue weighted by Gasteiger charge is -2.15. The minimum Gasteiger partial charge on any atom is -0.207 e. The molecule has 0 N–H and O–H groups in total. The number of alkyl halides is 1. The second kappa shape index (κ2) is 4.79. The van der Waals surface area contributed by atoms with Gasteiger partial charge in [0.25, 0.3) is 0 Å². The van der Waals surface area contributed by atoms with E-state index in [-0.39, 0.29) is 11.2 Å². The zero-order valence-corrected chi connectivity index (χ0v) is 9.61. The summed E-state index contributed by atoms with van der Waals surface area (Å²) in [6.07, 6.45) is 0.913. The van der Waals surface area contributed by atoms with Crippen molar-refractivity contribution in [2.24, 2.45) is 5.92 Å². The Morgan fingerprint density at radius 3 is 2.50 bits per heavy atom. The molecule has 0 aliphatic rings. The number of halogens is 2. The van der Waals surface area contributed by atoms with E-state index in [0.717, 1.165) is 12.0 Å². The summed E-state index contributed by atoms with van der Waals surface area (Å²) in [6, 6.07) is 4.93. The van der Waals surface area contributed by atoms with Crippen LogP contribution < -0.4 is 0 Å². The zero-order chi connectivity index (χ0) is 10.7. The summed E-state index contributed by atoms with van der Waals surface area (Å²) in [4.78, 5) is 0. The van der Waals surface area contributed by atoms with Crippen LogP contribution in [0.3, 0.4) is 0 Å². The van der Waals surface area contributed by atoms with Crippen LogP contribution in [0.5, 0.6) is 0 Å². The maximum Gasteiger partial charge on any atom is 0.123 e. The Kier molecular flexibility index (Phi) is 3.94. The summed E-state index contributed by atoms with van der Waals surface area (Å²) >= 11 is 5.99. The van der Waals surface area contributed by atoms with Crippen LogP contribution in [0.15, 0.2) is 18.2 Å². The molecule has 0 saturated heterocycles. The Hall–Kier alpha value is -0.560. The van der Waals surface area contributed by atoms with Gasteiger partial charge in [-0.15, -0.1) is 11.6 Å². The lowest BCUT2D eigenvalue weighted by Crippen LogP contribution is -2.11.